The third kappa shape index (κ3) is 5.56. The third-order valence-electron chi connectivity index (χ3n) is 4.34. The maximum atomic E-state index is 12.9. The van der Waals surface area contributed by atoms with Gasteiger partial charge in [-0.2, -0.15) is 0 Å². The van der Waals surface area contributed by atoms with Crippen LogP contribution in [0.2, 0.25) is 5.02 Å². The van der Waals surface area contributed by atoms with Gasteiger partial charge >= 0.3 is 0 Å². The summed E-state index contributed by atoms with van der Waals surface area (Å²) in [6.07, 6.45) is 3.04. The molecule has 1 N–H and O–H groups in total. The number of nitrogens with one attached hydrogen (secondary N) is 1. The van der Waals surface area contributed by atoms with E-state index in [1.54, 1.807) is 48.4 Å². The van der Waals surface area contributed by atoms with Gasteiger partial charge in [0.15, 0.2) is 0 Å². The molecule has 5 heteroatoms. The molecule has 3 aromatic rings. The molecule has 3 aromatic carbocycles. The minimum atomic E-state index is -0.337. The Hall–Kier alpha value is -3.37. The highest BCUT2D eigenvalue weighted by molar-refractivity contribution is 6.32. The van der Waals surface area contributed by atoms with E-state index in [1.165, 1.54) is 6.08 Å². The van der Waals surface area contributed by atoms with Gasteiger partial charge < -0.3 is 10.2 Å². The summed E-state index contributed by atoms with van der Waals surface area (Å²) in [7, 11) is 1.74. The molecule has 0 radical (unpaired) electrons. The number of hydrogen-bond acceptors (Lipinski definition) is 2. The van der Waals surface area contributed by atoms with Crippen molar-refractivity contribution in [2.45, 2.75) is 6.54 Å². The highest BCUT2D eigenvalue weighted by Crippen LogP contribution is 2.19. The van der Waals surface area contributed by atoms with Gasteiger partial charge in [-0.05, 0) is 35.4 Å². The zero-order valence-corrected chi connectivity index (χ0v) is 16.8. The van der Waals surface area contributed by atoms with Crippen molar-refractivity contribution in [1.29, 1.82) is 0 Å². The first-order valence-corrected chi connectivity index (χ1v) is 9.54. The highest BCUT2D eigenvalue weighted by Gasteiger charge is 2.16. The maximum absolute atomic E-state index is 12.9. The molecule has 0 unspecified atom stereocenters. The van der Waals surface area contributed by atoms with E-state index >= 15 is 0 Å². The van der Waals surface area contributed by atoms with Gasteiger partial charge in [0.1, 0.15) is 0 Å². The Morgan fingerprint density at radius 2 is 1.59 bits per heavy atom. The third-order valence-corrected chi connectivity index (χ3v) is 4.69. The summed E-state index contributed by atoms with van der Waals surface area (Å²) in [6, 6.07) is 24.0. The number of carbonyl (C=O) groups excluding carboxylic acids is 2. The van der Waals surface area contributed by atoms with Crippen LogP contribution >= 0.6 is 11.6 Å². The predicted molar refractivity (Wildman–Crippen MR) is 118 cm³/mol. The van der Waals surface area contributed by atoms with E-state index in [9.17, 15) is 9.59 Å². The van der Waals surface area contributed by atoms with Crippen LogP contribution < -0.4 is 5.32 Å². The average Bonchev–Trinajstić information content (AvgIpc) is 2.74. The average molecular weight is 405 g/mol. The fourth-order valence-corrected chi connectivity index (χ4v) is 3.06. The number of nitrogens with zero attached hydrogens (tertiary/aromatic N) is 1. The largest absolute Gasteiger partial charge is 0.337 e. The monoisotopic (exact) mass is 404 g/mol. The molecule has 0 aliphatic carbocycles. The molecule has 3 rings (SSSR count). The van der Waals surface area contributed by atoms with E-state index in [-0.39, 0.29) is 11.8 Å². The molecule has 0 saturated carbocycles. The van der Waals surface area contributed by atoms with Gasteiger partial charge in [0.05, 0.1) is 11.3 Å². The number of carbonyl (C=O) groups is 2. The summed E-state index contributed by atoms with van der Waals surface area (Å²) in [5, 5.41) is 3.35. The Morgan fingerprint density at radius 1 is 0.931 bits per heavy atom. The van der Waals surface area contributed by atoms with Gasteiger partial charge in [-0.15, -0.1) is 0 Å². The van der Waals surface area contributed by atoms with Crippen molar-refractivity contribution in [1.82, 2.24) is 4.90 Å². The quantitative estimate of drug-likeness (QED) is 0.569. The first-order valence-electron chi connectivity index (χ1n) is 9.16. The molecule has 0 aliphatic rings. The molecule has 2 amide bonds. The molecule has 0 spiro atoms. The first kappa shape index (κ1) is 20.4. The van der Waals surface area contributed by atoms with Gasteiger partial charge in [-0.25, -0.2) is 0 Å². The molecule has 29 heavy (non-hydrogen) atoms. The predicted octanol–water partition coefficient (Wildman–Crippen LogP) is 5.26. The van der Waals surface area contributed by atoms with Crippen molar-refractivity contribution in [3.8, 4) is 0 Å². The summed E-state index contributed by atoms with van der Waals surface area (Å²) in [5.74, 6) is -0.504. The van der Waals surface area contributed by atoms with Crippen molar-refractivity contribution in [2.24, 2.45) is 0 Å². The lowest BCUT2D eigenvalue weighted by Crippen LogP contribution is -2.27. The van der Waals surface area contributed by atoms with E-state index < -0.39 is 0 Å². The SMILES string of the molecule is CN(Cc1ccccc1)C(=O)c1ccccc1NC(=O)/C=C/c1ccccc1Cl. The summed E-state index contributed by atoms with van der Waals surface area (Å²) in [6.45, 7) is 0.481. The van der Waals surface area contributed by atoms with Gasteiger partial charge in [0.25, 0.3) is 5.91 Å². The maximum Gasteiger partial charge on any atom is 0.256 e. The Bertz CT molecular complexity index is 1030. The molecule has 0 heterocycles. The lowest BCUT2D eigenvalue weighted by molar-refractivity contribution is -0.111. The number of rotatable bonds is 6. The number of amides is 2. The molecule has 0 aromatic heterocycles. The summed E-state index contributed by atoms with van der Waals surface area (Å²) in [4.78, 5) is 26.9. The van der Waals surface area contributed by atoms with Crippen LogP contribution in [-0.2, 0) is 11.3 Å². The molecule has 4 nitrogen and oxygen atoms in total. The van der Waals surface area contributed by atoms with Crippen LogP contribution in [0, 0.1) is 0 Å². The Morgan fingerprint density at radius 3 is 2.34 bits per heavy atom. The minimum absolute atomic E-state index is 0.167. The molecule has 146 valence electrons. The number of anilines is 1. The lowest BCUT2D eigenvalue weighted by atomic mass is 10.1. The van der Waals surface area contributed by atoms with Crippen LogP contribution in [0.5, 0.6) is 0 Å². The number of halogens is 1. The van der Waals surface area contributed by atoms with Crippen LogP contribution in [0.1, 0.15) is 21.5 Å². The summed E-state index contributed by atoms with van der Waals surface area (Å²) >= 11 is 6.10. The second-order valence-electron chi connectivity index (χ2n) is 6.54. The van der Waals surface area contributed by atoms with Crippen LogP contribution in [0.4, 0.5) is 5.69 Å². The molecule has 0 bridgehead atoms. The van der Waals surface area contributed by atoms with Crippen molar-refractivity contribution in [3.05, 3.63) is 107 Å². The number of hydrogen-bond donors (Lipinski definition) is 1. The van der Waals surface area contributed by atoms with Crippen LogP contribution in [0.15, 0.2) is 84.9 Å². The smallest absolute Gasteiger partial charge is 0.256 e. The van der Waals surface area contributed by atoms with Gasteiger partial charge in [-0.3, -0.25) is 9.59 Å². The Kier molecular flexibility index (Phi) is 6.82. The number of para-hydroxylation sites is 1. The molecular weight excluding hydrogens is 384 g/mol. The summed E-state index contributed by atoms with van der Waals surface area (Å²) < 4.78 is 0. The van der Waals surface area contributed by atoms with Gasteiger partial charge in [-0.1, -0.05) is 72.3 Å². The zero-order chi connectivity index (χ0) is 20.6. The fraction of sp³-hybridized carbons (Fsp3) is 0.0833. The number of benzene rings is 3. The second kappa shape index (κ2) is 9.71. The van der Waals surface area contributed by atoms with E-state index in [0.717, 1.165) is 11.1 Å². The van der Waals surface area contributed by atoms with Crippen molar-refractivity contribution < 1.29 is 9.59 Å². The van der Waals surface area contributed by atoms with Crippen molar-refractivity contribution >= 4 is 35.2 Å². The van der Waals surface area contributed by atoms with E-state index in [4.69, 9.17) is 11.6 Å². The topological polar surface area (TPSA) is 49.4 Å². The first-order chi connectivity index (χ1) is 14.0. The van der Waals surface area contributed by atoms with E-state index in [0.29, 0.717) is 22.8 Å². The van der Waals surface area contributed by atoms with E-state index in [1.807, 2.05) is 48.5 Å². The zero-order valence-electron chi connectivity index (χ0n) is 16.0. The molecule has 0 atom stereocenters. The lowest BCUT2D eigenvalue weighted by Gasteiger charge is -2.19. The van der Waals surface area contributed by atoms with Crippen LogP contribution in [0.25, 0.3) is 6.08 Å². The van der Waals surface area contributed by atoms with E-state index in [2.05, 4.69) is 5.32 Å². The normalized spacial score (nSPS) is 10.7. The molecule has 0 aliphatic heterocycles. The minimum Gasteiger partial charge on any atom is -0.337 e. The van der Waals surface area contributed by atoms with Crippen LogP contribution in [0.3, 0.4) is 0 Å². The van der Waals surface area contributed by atoms with Crippen molar-refractivity contribution in [3.63, 3.8) is 0 Å². The Labute approximate surface area is 175 Å². The van der Waals surface area contributed by atoms with Crippen molar-refractivity contribution in [2.75, 3.05) is 12.4 Å². The second-order valence-corrected chi connectivity index (χ2v) is 6.94. The molecule has 0 fully saturated rings. The highest BCUT2D eigenvalue weighted by atomic mass is 35.5. The summed E-state index contributed by atoms with van der Waals surface area (Å²) in [5.41, 5.74) is 2.68. The van der Waals surface area contributed by atoms with Crippen LogP contribution in [-0.4, -0.2) is 23.8 Å². The van der Waals surface area contributed by atoms with Gasteiger partial charge in [0.2, 0.25) is 5.91 Å². The fourth-order valence-electron chi connectivity index (χ4n) is 2.86. The van der Waals surface area contributed by atoms with Gasteiger partial charge in [0, 0.05) is 24.7 Å². The molecule has 0 saturated heterocycles. The molecular formula is C24H21ClN2O2. The standard InChI is InChI=1S/C24H21ClN2O2/c1-27(17-18-9-3-2-4-10-18)24(29)20-12-6-8-14-22(20)26-23(28)16-15-19-11-5-7-13-21(19)25/h2-16H,17H2,1H3,(H,26,28)/b16-15+. The Balaban J connectivity index is 1.72.